The second kappa shape index (κ2) is 3.94. The molecule has 1 aromatic heterocycles. The van der Waals surface area contributed by atoms with Crippen LogP contribution in [0.1, 0.15) is 12.8 Å². The first-order chi connectivity index (χ1) is 6.77. The summed E-state index contributed by atoms with van der Waals surface area (Å²) in [4.78, 5) is 10.2. The summed E-state index contributed by atoms with van der Waals surface area (Å²) in [7, 11) is -1.51. The Bertz CT molecular complexity index is 315. The fraction of sp³-hybridized carbons (Fsp3) is 0.500. The molecule has 6 heteroatoms. The molecule has 2 N–H and O–H groups in total. The SMILES string of the molecule is OB(O)c1ccnc(N2CCCC2)n1. The third-order valence-electron chi connectivity index (χ3n) is 2.32. The number of nitrogens with zero attached hydrogens (tertiary/aromatic N) is 3. The van der Waals surface area contributed by atoms with Crippen molar-refractivity contribution in [2.24, 2.45) is 0 Å². The van der Waals surface area contributed by atoms with E-state index >= 15 is 0 Å². The molecule has 0 atom stereocenters. The third kappa shape index (κ3) is 1.86. The number of rotatable bonds is 2. The smallest absolute Gasteiger partial charge is 0.422 e. The Labute approximate surface area is 82.6 Å². The van der Waals surface area contributed by atoms with Crippen LogP contribution in [-0.4, -0.2) is 40.2 Å². The van der Waals surface area contributed by atoms with Crippen LogP contribution in [-0.2, 0) is 0 Å². The summed E-state index contributed by atoms with van der Waals surface area (Å²) in [6.45, 7) is 1.90. The van der Waals surface area contributed by atoms with E-state index in [0.717, 1.165) is 25.9 Å². The lowest BCUT2D eigenvalue weighted by Gasteiger charge is -2.14. The molecule has 0 amide bonds. The van der Waals surface area contributed by atoms with Gasteiger partial charge in [-0.05, 0) is 18.9 Å². The predicted molar refractivity (Wildman–Crippen MR) is 53.3 cm³/mol. The highest BCUT2D eigenvalue weighted by Gasteiger charge is 2.18. The number of anilines is 1. The summed E-state index contributed by atoms with van der Waals surface area (Å²) < 4.78 is 0. The average molecular weight is 193 g/mol. The third-order valence-corrected chi connectivity index (χ3v) is 2.32. The van der Waals surface area contributed by atoms with Crippen molar-refractivity contribution in [3.63, 3.8) is 0 Å². The van der Waals surface area contributed by atoms with Gasteiger partial charge in [0.25, 0.3) is 0 Å². The zero-order chi connectivity index (χ0) is 9.97. The van der Waals surface area contributed by atoms with Gasteiger partial charge in [-0.3, -0.25) is 0 Å². The van der Waals surface area contributed by atoms with Crippen molar-refractivity contribution in [2.75, 3.05) is 18.0 Å². The zero-order valence-corrected chi connectivity index (χ0v) is 7.80. The summed E-state index contributed by atoms with van der Waals surface area (Å²) in [6.07, 6.45) is 3.85. The van der Waals surface area contributed by atoms with Gasteiger partial charge in [-0.1, -0.05) is 0 Å². The van der Waals surface area contributed by atoms with E-state index in [0.29, 0.717) is 5.95 Å². The van der Waals surface area contributed by atoms with Gasteiger partial charge in [0.05, 0.1) is 5.59 Å². The molecule has 0 spiro atoms. The topological polar surface area (TPSA) is 69.5 Å². The van der Waals surface area contributed by atoms with E-state index in [1.54, 1.807) is 6.20 Å². The van der Waals surface area contributed by atoms with Crippen molar-refractivity contribution in [1.29, 1.82) is 0 Å². The van der Waals surface area contributed by atoms with Crippen LogP contribution in [0.4, 0.5) is 5.95 Å². The van der Waals surface area contributed by atoms with Gasteiger partial charge >= 0.3 is 7.12 Å². The average Bonchev–Trinajstić information content (AvgIpc) is 2.71. The van der Waals surface area contributed by atoms with Crippen LogP contribution in [0.25, 0.3) is 0 Å². The highest BCUT2D eigenvalue weighted by Crippen LogP contribution is 2.13. The summed E-state index contributed by atoms with van der Waals surface area (Å²) in [5.74, 6) is 0.591. The Kier molecular flexibility index (Phi) is 2.65. The van der Waals surface area contributed by atoms with Crippen molar-refractivity contribution in [3.8, 4) is 0 Å². The van der Waals surface area contributed by atoms with Gasteiger partial charge in [0.2, 0.25) is 5.95 Å². The molecule has 1 aliphatic rings. The molecular formula is C8H12BN3O2. The van der Waals surface area contributed by atoms with Crippen LogP contribution in [0.2, 0.25) is 0 Å². The number of hydrogen-bond donors (Lipinski definition) is 2. The quantitative estimate of drug-likeness (QED) is 0.574. The van der Waals surface area contributed by atoms with E-state index in [4.69, 9.17) is 10.0 Å². The Morgan fingerprint density at radius 3 is 2.64 bits per heavy atom. The minimum Gasteiger partial charge on any atom is -0.422 e. The Morgan fingerprint density at radius 2 is 2.00 bits per heavy atom. The summed E-state index contributed by atoms with van der Waals surface area (Å²) >= 11 is 0. The van der Waals surface area contributed by atoms with E-state index in [9.17, 15) is 0 Å². The summed E-state index contributed by atoms with van der Waals surface area (Å²) in [5, 5.41) is 17.9. The molecule has 0 aliphatic carbocycles. The van der Waals surface area contributed by atoms with E-state index in [1.807, 2.05) is 4.90 Å². The van der Waals surface area contributed by atoms with Crippen LogP contribution in [0.5, 0.6) is 0 Å². The fourth-order valence-corrected chi connectivity index (χ4v) is 1.58. The minimum absolute atomic E-state index is 0.252. The van der Waals surface area contributed by atoms with Crippen molar-refractivity contribution < 1.29 is 10.0 Å². The standard InChI is InChI=1S/C8H12BN3O2/c13-9(14)7-3-4-10-8(11-7)12-5-1-2-6-12/h3-4,13-14H,1-2,5-6H2. The first-order valence-electron chi connectivity index (χ1n) is 4.71. The molecule has 1 aliphatic heterocycles. The summed E-state index contributed by atoms with van der Waals surface area (Å²) in [6, 6.07) is 1.50. The first-order valence-corrected chi connectivity index (χ1v) is 4.71. The molecule has 1 aromatic rings. The molecule has 1 saturated heterocycles. The van der Waals surface area contributed by atoms with Crippen LogP contribution >= 0.6 is 0 Å². The number of aromatic nitrogens is 2. The maximum Gasteiger partial charge on any atom is 0.508 e. The van der Waals surface area contributed by atoms with Gasteiger partial charge in [0, 0.05) is 19.3 Å². The summed E-state index contributed by atoms with van der Waals surface area (Å²) in [5.41, 5.74) is 0.252. The normalized spacial score (nSPS) is 16.0. The predicted octanol–water partition coefficient (Wildman–Crippen LogP) is -1.24. The lowest BCUT2D eigenvalue weighted by atomic mass is 9.86. The second-order valence-electron chi connectivity index (χ2n) is 3.35. The lowest BCUT2D eigenvalue weighted by Crippen LogP contribution is -2.34. The van der Waals surface area contributed by atoms with Gasteiger partial charge in [-0.25, -0.2) is 9.97 Å². The van der Waals surface area contributed by atoms with Gasteiger partial charge in [0.1, 0.15) is 0 Å². The molecule has 14 heavy (non-hydrogen) atoms. The molecule has 0 saturated carbocycles. The Hall–Kier alpha value is -1.14. The maximum atomic E-state index is 8.94. The van der Waals surface area contributed by atoms with Gasteiger partial charge in [-0.2, -0.15) is 0 Å². The van der Waals surface area contributed by atoms with E-state index in [1.165, 1.54) is 6.07 Å². The van der Waals surface area contributed by atoms with Crippen LogP contribution < -0.4 is 10.5 Å². The molecule has 2 heterocycles. The van der Waals surface area contributed by atoms with Crippen molar-refractivity contribution >= 4 is 18.7 Å². The Morgan fingerprint density at radius 1 is 1.29 bits per heavy atom. The monoisotopic (exact) mass is 193 g/mol. The molecule has 1 fully saturated rings. The molecule has 0 radical (unpaired) electrons. The first kappa shape index (κ1) is 9.42. The zero-order valence-electron chi connectivity index (χ0n) is 7.80. The second-order valence-corrected chi connectivity index (χ2v) is 3.35. The van der Waals surface area contributed by atoms with Gasteiger partial charge < -0.3 is 14.9 Å². The van der Waals surface area contributed by atoms with Gasteiger partial charge in [-0.15, -0.1) is 0 Å². The van der Waals surface area contributed by atoms with Crippen molar-refractivity contribution in [1.82, 2.24) is 9.97 Å². The molecule has 5 nitrogen and oxygen atoms in total. The van der Waals surface area contributed by atoms with Crippen LogP contribution in [0.15, 0.2) is 12.3 Å². The van der Waals surface area contributed by atoms with Crippen LogP contribution in [0.3, 0.4) is 0 Å². The largest absolute Gasteiger partial charge is 0.508 e. The maximum absolute atomic E-state index is 8.94. The molecule has 0 bridgehead atoms. The molecule has 2 rings (SSSR count). The van der Waals surface area contributed by atoms with E-state index in [2.05, 4.69) is 9.97 Å². The van der Waals surface area contributed by atoms with Crippen molar-refractivity contribution in [2.45, 2.75) is 12.8 Å². The molecule has 74 valence electrons. The number of hydrogen-bond acceptors (Lipinski definition) is 5. The minimum atomic E-state index is -1.51. The van der Waals surface area contributed by atoms with E-state index in [-0.39, 0.29) is 5.59 Å². The fourth-order valence-electron chi connectivity index (χ4n) is 1.58. The lowest BCUT2D eigenvalue weighted by molar-refractivity contribution is 0.424. The molecular weight excluding hydrogens is 181 g/mol. The van der Waals surface area contributed by atoms with Crippen molar-refractivity contribution in [3.05, 3.63) is 12.3 Å². The van der Waals surface area contributed by atoms with Gasteiger partial charge in [0.15, 0.2) is 0 Å². The van der Waals surface area contributed by atoms with E-state index < -0.39 is 7.12 Å². The Balaban J connectivity index is 2.21. The highest BCUT2D eigenvalue weighted by molar-refractivity contribution is 6.57. The highest BCUT2D eigenvalue weighted by atomic mass is 16.4. The van der Waals surface area contributed by atoms with Crippen LogP contribution in [0, 0.1) is 0 Å². The molecule has 0 unspecified atom stereocenters. The molecule has 0 aromatic carbocycles.